The smallest absolute Gasteiger partial charge is 0.376 e. The summed E-state index contributed by atoms with van der Waals surface area (Å²) < 4.78 is 7.92. The molecule has 90 valence electrons. The van der Waals surface area contributed by atoms with E-state index in [1.165, 1.54) is 0 Å². The monoisotopic (exact) mass is 233 g/mol. The molecule has 0 unspecified atom stereocenters. The van der Waals surface area contributed by atoms with Gasteiger partial charge in [0.15, 0.2) is 0 Å². The van der Waals surface area contributed by atoms with Gasteiger partial charge >= 0.3 is 24.1 Å². The molecule has 0 saturated heterocycles. The summed E-state index contributed by atoms with van der Waals surface area (Å²) >= 11 is 0. The van der Waals surface area contributed by atoms with E-state index >= 15 is 0 Å². The highest BCUT2D eigenvalue weighted by atomic mass is 16.6. The normalized spacial score (nSPS) is 11.3. The molecular formula is C7H11N3O6. The Balaban J connectivity index is 3.92. The van der Waals surface area contributed by atoms with Crippen LogP contribution in [0.4, 0.5) is 9.59 Å². The van der Waals surface area contributed by atoms with Crippen LogP contribution in [-0.4, -0.2) is 30.2 Å². The number of nitrogens with two attached hydrogens (primary N) is 3. The highest BCUT2D eigenvalue weighted by Crippen LogP contribution is 1.99. The standard InChI is InChI=1S/C7H11N3O6/c8-3(5(12)16-7(10)14)1-2-4(11)15-6(9)13/h3H,1-2,8H2,(H2,9,13)(H2,10,14)/t3-/m0/s1. The van der Waals surface area contributed by atoms with Crippen molar-refractivity contribution < 1.29 is 28.7 Å². The molecule has 0 aromatic rings. The highest BCUT2D eigenvalue weighted by molar-refractivity contribution is 5.87. The predicted molar refractivity (Wildman–Crippen MR) is 48.6 cm³/mol. The summed E-state index contributed by atoms with van der Waals surface area (Å²) in [5, 5.41) is 0. The van der Waals surface area contributed by atoms with Gasteiger partial charge in [-0.15, -0.1) is 0 Å². The van der Waals surface area contributed by atoms with Crippen molar-refractivity contribution in [3.63, 3.8) is 0 Å². The maximum atomic E-state index is 10.9. The van der Waals surface area contributed by atoms with Crippen molar-refractivity contribution in [2.24, 2.45) is 17.2 Å². The molecule has 0 aliphatic heterocycles. The van der Waals surface area contributed by atoms with E-state index in [4.69, 9.17) is 5.73 Å². The lowest BCUT2D eigenvalue weighted by Gasteiger charge is -2.07. The quantitative estimate of drug-likeness (QED) is 0.386. The maximum absolute atomic E-state index is 10.9. The van der Waals surface area contributed by atoms with Gasteiger partial charge in [0.05, 0.1) is 0 Å². The van der Waals surface area contributed by atoms with Crippen LogP contribution in [0.25, 0.3) is 0 Å². The summed E-state index contributed by atoms with van der Waals surface area (Å²) in [7, 11) is 0. The van der Waals surface area contributed by atoms with Gasteiger partial charge in [-0.3, -0.25) is 4.79 Å². The molecule has 6 N–H and O–H groups in total. The molecule has 0 aromatic heterocycles. The predicted octanol–water partition coefficient (Wildman–Crippen LogP) is -1.66. The Morgan fingerprint density at radius 1 is 1.00 bits per heavy atom. The Morgan fingerprint density at radius 3 is 1.94 bits per heavy atom. The lowest BCUT2D eigenvalue weighted by molar-refractivity contribution is -0.139. The van der Waals surface area contributed by atoms with Crippen molar-refractivity contribution in [2.75, 3.05) is 0 Å². The first kappa shape index (κ1) is 13.8. The molecule has 0 spiro atoms. The van der Waals surface area contributed by atoms with Crippen LogP contribution in [0.2, 0.25) is 0 Å². The van der Waals surface area contributed by atoms with E-state index in [2.05, 4.69) is 20.9 Å². The van der Waals surface area contributed by atoms with E-state index in [9.17, 15) is 19.2 Å². The van der Waals surface area contributed by atoms with Crippen LogP contribution < -0.4 is 17.2 Å². The van der Waals surface area contributed by atoms with Crippen molar-refractivity contribution in [3.05, 3.63) is 0 Å². The lowest BCUT2D eigenvalue weighted by atomic mass is 10.2. The summed E-state index contributed by atoms with van der Waals surface area (Å²) in [5.41, 5.74) is 14.4. The Labute approximate surface area is 89.8 Å². The van der Waals surface area contributed by atoms with Gasteiger partial charge in [-0.2, -0.15) is 0 Å². The van der Waals surface area contributed by atoms with Crippen LogP contribution in [0.1, 0.15) is 12.8 Å². The van der Waals surface area contributed by atoms with E-state index in [1.54, 1.807) is 0 Å². The number of carbonyl (C=O) groups is 4. The first-order valence-electron chi connectivity index (χ1n) is 4.09. The Bertz CT molecular complexity index is 315. The minimum absolute atomic E-state index is 0.168. The first-order valence-corrected chi connectivity index (χ1v) is 4.09. The number of primary amides is 2. The summed E-state index contributed by atoms with van der Waals surface area (Å²) in [4.78, 5) is 42.0. The molecule has 0 bridgehead atoms. The number of rotatable bonds is 4. The maximum Gasteiger partial charge on any atom is 0.412 e. The fraction of sp³-hybridized carbons (Fsp3) is 0.429. The van der Waals surface area contributed by atoms with Crippen LogP contribution in [0.3, 0.4) is 0 Å². The largest absolute Gasteiger partial charge is 0.412 e. The molecule has 0 aromatic carbocycles. The number of carbonyl (C=O) groups excluding carboxylic acids is 4. The van der Waals surface area contributed by atoms with Gasteiger partial charge in [-0.1, -0.05) is 0 Å². The van der Waals surface area contributed by atoms with Crippen LogP contribution in [0.5, 0.6) is 0 Å². The molecule has 0 heterocycles. The highest BCUT2D eigenvalue weighted by Gasteiger charge is 2.19. The average molecular weight is 233 g/mol. The van der Waals surface area contributed by atoms with Gasteiger partial charge in [-0.05, 0) is 6.42 Å². The molecule has 0 fully saturated rings. The zero-order chi connectivity index (χ0) is 12.7. The van der Waals surface area contributed by atoms with Gasteiger partial charge in [-0.25, -0.2) is 14.4 Å². The third kappa shape index (κ3) is 6.32. The zero-order valence-electron chi connectivity index (χ0n) is 8.17. The van der Waals surface area contributed by atoms with E-state index in [1.807, 2.05) is 0 Å². The third-order valence-electron chi connectivity index (χ3n) is 1.38. The zero-order valence-corrected chi connectivity index (χ0v) is 8.17. The van der Waals surface area contributed by atoms with Crippen molar-refractivity contribution in [3.8, 4) is 0 Å². The molecule has 0 saturated carbocycles. The van der Waals surface area contributed by atoms with Gasteiger partial charge < -0.3 is 26.7 Å². The molecule has 2 amide bonds. The van der Waals surface area contributed by atoms with Crippen LogP contribution in [-0.2, 0) is 19.1 Å². The first-order chi connectivity index (χ1) is 7.32. The van der Waals surface area contributed by atoms with Gasteiger partial charge in [0.2, 0.25) is 0 Å². The van der Waals surface area contributed by atoms with E-state index < -0.39 is 30.2 Å². The summed E-state index contributed by atoms with van der Waals surface area (Å²) in [6.07, 6.45) is -3.03. The van der Waals surface area contributed by atoms with Gasteiger partial charge in [0.1, 0.15) is 6.04 Å². The average Bonchev–Trinajstić information content (AvgIpc) is 2.11. The molecule has 0 aliphatic carbocycles. The fourth-order valence-corrected chi connectivity index (χ4v) is 0.729. The van der Waals surface area contributed by atoms with E-state index in [0.29, 0.717) is 0 Å². The van der Waals surface area contributed by atoms with Crippen molar-refractivity contribution in [1.82, 2.24) is 0 Å². The SMILES string of the molecule is NC(=O)OC(=O)CC[C@H](N)C(=O)OC(N)=O. The van der Waals surface area contributed by atoms with Crippen LogP contribution in [0, 0.1) is 0 Å². The second-order valence-corrected chi connectivity index (χ2v) is 2.68. The molecule has 16 heavy (non-hydrogen) atoms. The van der Waals surface area contributed by atoms with Crippen molar-refractivity contribution in [1.29, 1.82) is 0 Å². The Kier molecular flexibility index (Phi) is 5.49. The minimum atomic E-state index is -1.29. The fourth-order valence-electron chi connectivity index (χ4n) is 0.729. The van der Waals surface area contributed by atoms with Crippen molar-refractivity contribution >= 4 is 24.1 Å². The van der Waals surface area contributed by atoms with Crippen molar-refractivity contribution in [2.45, 2.75) is 18.9 Å². The number of hydrogen-bond acceptors (Lipinski definition) is 7. The molecule has 9 heteroatoms. The van der Waals surface area contributed by atoms with E-state index in [0.717, 1.165) is 0 Å². The second-order valence-electron chi connectivity index (χ2n) is 2.68. The summed E-state index contributed by atoms with van der Waals surface area (Å²) in [5.74, 6) is -2.01. The Hall–Kier alpha value is -2.16. The number of hydrogen-bond donors (Lipinski definition) is 3. The van der Waals surface area contributed by atoms with Gasteiger partial charge in [0, 0.05) is 6.42 Å². The summed E-state index contributed by atoms with van der Waals surface area (Å²) in [6.45, 7) is 0. The van der Waals surface area contributed by atoms with E-state index in [-0.39, 0.29) is 12.8 Å². The van der Waals surface area contributed by atoms with Crippen LogP contribution >= 0.6 is 0 Å². The molecular weight excluding hydrogens is 222 g/mol. The minimum Gasteiger partial charge on any atom is -0.376 e. The molecule has 1 atom stereocenters. The molecule has 0 rings (SSSR count). The molecule has 0 aliphatic rings. The number of esters is 2. The summed E-state index contributed by atoms with van der Waals surface area (Å²) in [6, 6.07) is -1.21. The lowest BCUT2D eigenvalue weighted by Crippen LogP contribution is -2.35. The Morgan fingerprint density at radius 2 is 1.50 bits per heavy atom. The topological polar surface area (TPSA) is 165 Å². The van der Waals surface area contributed by atoms with Gasteiger partial charge in [0.25, 0.3) is 0 Å². The number of amides is 2. The molecule has 9 nitrogen and oxygen atoms in total. The second kappa shape index (κ2) is 6.35. The molecule has 0 radical (unpaired) electrons. The number of ether oxygens (including phenoxy) is 2. The van der Waals surface area contributed by atoms with Crippen LogP contribution in [0.15, 0.2) is 0 Å². The third-order valence-corrected chi connectivity index (χ3v) is 1.38.